The lowest BCUT2D eigenvalue weighted by Gasteiger charge is -2.26. The zero-order valence-electron chi connectivity index (χ0n) is 11.9. The molecule has 1 aliphatic rings. The molecule has 1 aliphatic carbocycles. The van der Waals surface area contributed by atoms with Crippen LogP contribution in [0.3, 0.4) is 0 Å². The summed E-state index contributed by atoms with van der Waals surface area (Å²) in [5, 5.41) is 3.41. The second-order valence-electron chi connectivity index (χ2n) is 5.22. The summed E-state index contributed by atoms with van der Waals surface area (Å²) < 4.78 is 0. The van der Waals surface area contributed by atoms with Crippen molar-refractivity contribution >= 4 is 5.69 Å². The van der Waals surface area contributed by atoms with E-state index < -0.39 is 0 Å². The first-order chi connectivity index (χ1) is 8.74. The number of hydrogen-bond acceptors (Lipinski definition) is 3. The third kappa shape index (κ3) is 3.45. The average Bonchev–Trinajstić information content (AvgIpc) is 3.18. The number of pyridine rings is 1. The van der Waals surface area contributed by atoms with Crippen molar-refractivity contribution in [2.24, 2.45) is 5.92 Å². The van der Waals surface area contributed by atoms with Crippen molar-refractivity contribution in [3.8, 4) is 0 Å². The van der Waals surface area contributed by atoms with Crippen LogP contribution in [0.4, 0.5) is 5.69 Å². The molecule has 1 N–H and O–H groups in total. The monoisotopic (exact) mass is 247 g/mol. The maximum Gasteiger partial charge on any atom is 0.0445 e. The van der Waals surface area contributed by atoms with Crippen LogP contribution in [0.25, 0.3) is 0 Å². The fraction of sp³-hybridized carbons (Fsp3) is 0.667. The maximum absolute atomic E-state index is 4.44. The minimum Gasteiger partial charge on any atom is -0.371 e. The maximum atomic E-state index is 4.44. The average molecular weight is 247 g/mol. The van der Waals surface area contributed by atoms with E-state index in [1.165, 1.54) is 30.6 Å². The van der Waals surface area contributed by atoms with Gasteiger partial charge in [0.05, 0.1) is 0 Å². The molecule has 1 fully saturated rings. The van der Waals surface area contributed by atoms with Crippen molar-refractivity contribution in [1.82, 2.24) is 10.3 Å². The van der Waals surface area contributed by atoms with Crippen LogP contribution in [0.2, 0.25) is 0 Å². The fourth-order valence-corrected chi connectivity index (χ4v) is 2.27. The van der Waals surface area contributed by atoms with Gasteiger partial charge in [-0.3, -0.25) is 4.98 Å². The normalized spacial score (nSPS) is 14.8. The highest BCUT2D eigenvalue weighted by Crippen LogP contribution is 2.32. The van der Waals surface area contributed by atoms with E-state index in [1.807, 2.05) is 6.20 Å². The van der Waals surface area contributed by atoms with E-state index in [2.05, 4.69) is 42.0 Å². The number of rotatable bonds is 7. The highest BCUT2D eigenvalue weighted by atomic mass is 15.1. The summed E-state index contributed by atoms with van der Waals surface area (Å²) in [6, 6.07) is 2.23. The fourth-order valence-electron chi connectivity index (χ4n) is 2.27. The lowest BCUT2D eigenvalue weighted by atomic mass is 10.1. The van der Waals surface area contributed by atoms with E-state index in [1.54, 1.807) is 0 Å². The Labute approximate surface area is 111 Å². The predicted octanol–water partition coefficient (Wildman–Crippen LogP) is 2.74. The molecule has 3 heteroatoms. The minimum absolute atomic E-state index is 0.917. The molecule has 1 heterocycles. The van der Waals surface area contributed by atoms with E-state index in [9.17, 15) is 0 Å². The number of nitrogens with zero attached hydrogens (tertiary/aromatic N) is 2. The summed E-state index contributed by atoms with van der Waals surface area (Å²) in [5.41, 5.74) is 3.81. The molecular weight excluding hydrogens is 222 g/mol. The molecule has 3 nitrogen and oxygen atoms in total. The Morgan fingerprint density at radius 3 is 2.78 bits per heavy atom. The molecule has 0 bridgehead atoms. The Balaban J connectivity index is 2.17. The van der Waals surface area contributed by atoms with E-state index in [0.29, 0.717) is 0 Å². The predicted molar refractivity (Wildman–Crippen MR) is 77.0 cm³/mol. The molecule has 100 valence electrons. The second kappa shape index (κ2) is 6.19. The zero-order chi connectivity index (χ0) is 13.0. The molecule has 0 radical (unpaired) electrons. The molecule has 0 unspecified atom stereocenters. The number of nitrogens with one attached hydrogen (secondary N) is 1. The first-order valence-electron chi connectivity index (χ1n) is 7.15. The second-order valence-corrected chi connectivity index (χ2v) is 5.22. The molecular formula is C15H25N3. The van der Waals surface area contributed by atoms with Crippen molar-refractivity contribution in [2.75, 3.05) is 24.5 Å². The lowest BCUT2D eigenvalue weighted by Crippen LogP contribution is -2.27. The van der Waals surface area contributed by atoms with Crippen molar-refractivity contribution in [3.63, 3.8) is 0 Å². The molecule has 1 saturated carbocycles. The first kappa shape index (κ1) is 13.3. The Morgan fingerprint density at radius 2 is 2.17 bits per heavy atom. The van der Waals surface area contributed by atoms with Gasteiger partial charge in [-0.25, -0.2) is 0 Å². The molecule has 1 aromatic heterocycles. The number of aryl methyl sites for hydroxylation is 1. The van der Waals surface area contributed by atoms with Crippen LogP contribution in [0.15, 0.2) is 12.3 Å². The van der Waals surface area contributed by atoms with Gasteiger partial charge in [-0.1, -0.05) is 6.92 Å². The van der Waals surface area contributed by atoms with Gasteiger partial charge in [0.15, 0.2) is 0 Å². The summed E-state index contributed by atoms with van der Waals surface area (Å²) in [7, 11) is 0. The van der Waals surface area contributed by atoms with Gasteiger partial charge < -0.3 is 10.2 Å². The third-order valence-electron chi connectivity index (χ3n) is 3.56. The van der Waals surface area contributed by atoms with E-state index in [4.69, 9.17) is 0 Å². The smallest absolute Gasteiger partial charge is 0.0445 e. The Bertz CT molecular complexity index is 385. The van der Waals surface area contributed by atoms with Gasteiger partial charge in [-0.05, 0) is 45.2 Å². The molecule has 0 amide bonds. The molecule has 0 aromatic carbocycles. The molecule has 18 heavy (non-hydrogen) atoms. The minimum atomic E-state index is 0.917. The van der Waals surface area contributed by atoms with Crippen LogP contribution in [0, 0.1) is 12.8 Å². The summed E-state index contributed by atoms with van der Waals surface area (Å²) >= 11 is 0. The zero-order valence-corrected chi connectivity index (χ0v) is 11.9. The molecule has 0 atom stereocenters. The number of anilines is 1. The van der Waals surface area contributed by atoms with Crippen molar-refractivity contribution in [3.05, 3.63) is 23.5 Å². The molecule has 1 aromatic rings. The summed E-state index contributed by atoms with van der Waals surface area (Å²) in [6.07, 6.45) is 4.84. The quantitative estimate of drug-likeness (QED) is 0.803. The van der Waals surface area contributed by atoms with Gasteiger partial charge in [0, 0.05) is 42.8 Å². The highest BCUT2D eigenvalue weighted by Gasteiger charge is 2.24. The largest absolute Gasteiger partial charge is 0.371 e. The van der Waals surface area contributed by atoms with Crippen molar-refractivity contribution in [1.29, 1.82) is 0 Å². The van der Waals surface area contributed by atoms with Gasteiger partial charge in [-0.15, -0.1) is 0 Å². The standard InChI is InChI=1S/C15H25N3/c1-4-16-9-14-10-17-12(3)8-15(14)18(5-2)11-13-6-7-13/h8,10,13,16H,4-7,9,11H2,1-3H3. The Kier molecular flexibility index (Phi) is 4.59. The lowest BCUT2D eigenvalue weighted by molar-refractivity contribution is 0.703. The first-order valence-corrected chi connectivity index (χ1v) is 7.15. The summed E-state index contributed by atoms with van der Waals surface area (Å²) in [4.78, 5) is 6.95. The summed E-state index contributed by atoms with van der Waals surface area (Å²) in [6.45, 7) is 10.7. The molecule has 0 saturated heterocycles. The van der Waals surface area contributed by atoms with Crippen LogP contribution < -0.4 is 10.2 Å². The SMILES string of the molecule is CCNCc1cnc(C)cc1N(CC)CC1CC1. The topological polar surface area (TPSA) is 28.2 Å². The van der Waals surface area contributed by atoms with Gasteiger partial charge >= 0.3 is 0 Å². The van der Waals surface area contributed by atoms with Crippen LogP contribution in [0.1, 0.15) is 37.9 Å². The Hall–Kier alpha value is -1.09. The van der Waals surface area contributed by atoms with Crippen molar-refractivity contribution in [2.45, 2.75) is 40.2 Å². The number of aromatic nitrogens is 1. The van der Waals surface area contributed by atoms with Crippen molar-refractivity contribution < 1.29 is 0 Å². The van der Waals surface area contributed by atoms with Gasteiger partial charge in [0.2, 0.25) is 0 Å². The summed E-state index contributed by atoms with van der Waals surface area (Å²) in [5.74, 6) is 0.922. The van der Waals surface area contributed by atoms with Crippen LogP contribution >= 0.6 is 0 Å². The van der Waals surface area contributed by atoms with Gasteiger partial charge in [0.25, 0.3) is 0 Å². The highest BCUT2D eigenvalue weighted by molar-refractivity contribution is 5.53. The van der Waals surface area contributed by atoms with Gasteiger partial charge in [-0.2, -0.15) is 0 Å². The van der Waals surface area contributed by atoms with Crippen LogP contribution in [-0.4, -0.2) is 24.6 Å². The van der Waals surface area contributed by atoms with Crippen LogP contribution in [-0.2, 0) is 6.54 Å². The number of hydrogen-bond donors (Lipinski definition) is 1. The van der Waals surface area contributed by atoms with E-state index in [-0.39, 0.29) is 0 Å². The molecule has 0 aliphatic heterocycles. The van der Waals surface area contributed by atoms with E-state index >= 15 is 0 Å². The van der Waals surface area contributed by atoms with Gasteiger partial charge in [0.1, 0.15) is 0 Å². The van der Waals surface area contributed by atoms with E-state index in [0.717, 1.165) is 31.2 Å². The van der Waals surface area contributed by atoms with Crippen LogP contribution in [0.5, 0.6) is 0 Å². The molecule has 0 spiro atoms. The Morgan fingerprint density at radius 1 is 1.39 bits per heavy atom. The third-order valence-corrected chi connectivity index (χ3v) is 3.56. The molecule has 2 rings (SSSR count).